The van der Waals surface area contributed by atoms with Gasteiger partial charge < -0.3 is 10.2 Å². The minimum Gasteiger partial charge on any atom is -0.337 e. The maximum Gasteiger partial charge on any atom is 0.238 e. The number of carbonyl (C=O) groups is 1. The minimum absolute atomic E-state index is 0.136. The number of likely N-dealkylation sites (tertiary alicyclic amines) is 1. The van der Waals surface area contributed by atoms with Gasteiger partial charge in [0.2, 0.25) is 5.91 Å². The molecule has 1 N–H and O–H groups in total. The third-order valence-corrected chi connectivity index (χ3v) is 5.51. The van der Waals surface area contributed by atoms with Crippen molar-refractivity contribution in [2.24, 2.45) is 0 Å². The number of hydrogen-bond acceptors (Lipinski definition) is 3. The summed E-state index contributed by atoms with van der Waals surface area (Å²) in [7, 11) is 1.98. The van der Waals surface area contributed by atoms with Crippen LogP contribution in [0.25, 0.3) is 0 Å². The van der Waals surface area contributed by atoms with Crippen LogP contribution in [-0.2, 0) is 4.79 Å². The molecule has 0 aromatic rings. The van der Waals surface area contributed by atoms with Crippen LogP contribution in [0.4, 0.5) is 0 Å². The van der Waals surface area contributed by atoms with E-state index in [0.29, 0.717) is 11.9 Å². The molecule has 17 heavy (non-hydrogen) atoms. The highest BCUT2D eigenvalue weighted by atomic mass is 32.2. The predicted molar refractivity (Wildman–Crippen MR) is 73.4 cm³/mol. The average molecular weight is 256 g/mol. The molecule has 2 fully saturated rings. The summed E-state index contributed by atoms with van der Waals surface area (Å²) in [5, 5.41) is 3.22. The first-order valence-corrected chi connectivity index (χ1v) is 7.75. The summed E-state index contributed by atoms with van der Waals surface area (Å²) in [5.74, 6) is 1.53. The summed E-state index contributed by atoms with van der Waals surface area (Å²) in [5.41, 5.74) is 0. The minimum atomic E-state index is -0.136. The Bertz CT molecular complexity index is 275. The highest BCUT2D eigenvalue weighted by molar-refractivity contribution is 8.01. The number of carbonyl (C=O) groups excluding carboxylic acids is 1. The molecule has 2 heterocycles. The second kappa shape index (κ2) is 5.61. The molecule has 0 saturated carbocycles. The Morgan fingerprint density at radius 1 is 1.47 bits per heavy atom. The van der Waals surface area contributed by atoms with Crippen molar-refractivity contribution >= 4 is 17.7 Å². The molecule has 98 valence electrons. The molecule has 0 bridgehead atoms. The molecule has 2 aliphatic rings. The fourth-order valence-electron chi connectivity index (χ4n) is 2.97. The molecule has 2 atom stereocenters. The van der Waals surface area contributed by atoms with Crippen LogP contribution in [0.5, 0.6) is 0 Å². The second-order valence-electron chi connectivity index (χ2n) is 5.39. The molecule has 3 nitrogen and oxygen atoms in total. The van der Waals surface area contributed by atoms with E-state index in [9.17, 15) is 4.79 Å². The Labute approximate surface area is 109 Å². The van der Waals surface area contributed by atoms with Crippen LogP contribution in [0.1, 0.15) is 39.0 Å². The van der Waals surface area contributed by atoms with Gasteiger partial charge in [-0.1, -0.05) is 0 Å². The molecule has 4 heteroatoms. The Hall–Kier alpha value is -0.220. The molecule has 2 saturated heterocycles. The monoisotopic (exact) mass is 256 g/mol. The van der Waals surface area contributed by atoms with E-state index in [1.54, 1.807) is 0 Å². The highest BCUT2D eigenvalue weighted by Gasteiger charge is 2.42. The fourth-order valence-corrected chi connectivity index (χ4v) is 4.24. The molecule has 0 spiro atoms. The van der Waals surface area contributed by atoms with Gasteiger partial charge >= 0.3 is 0 Å². The van der Waals surface area contributed by atoms with Gasteiger partial charge in [-0.05, 0) is 51.8 Å². The van der Waals surface area contributed by atoms with Crippen LogP contribution < -0.4 is 5.32 Å². The van der Waals surface area contributed by atoms with Crippen molar-refractivity contribution in [2.45, 2.75) is 49.8 Å². The van der Waals surface area contributed by atoms with Crippen molar-refractivity contribution in [3.63, 3.8) is 0 Å². The number of nitrogens with one attached hydrogen (secondary N) is 1. The van der Waals surface area contributed by atoms with Crippen LogP contribution in [-0.4, -0.2) is 47.5 Å². The van der Waals surface area contributed by atoms with Crippen molar-refractivity contribution in [3.8, 4) is 0 Å². The van der Waals surface area contributed by atoms with E-state index in [4.69, 9.17) is 0 Å². The van der Waals surface area contributed by atoms with Crippen molar-refractivity contribution in [3.05, 3.63) is 0 Å². The van der Waals surface area contributed by atoms with Gasteiger partial charge in [-0.15, -0.1) is 11.8 Å². The van der Waals surface area contributed by atoms with E-state index in [1.165, 1.54) is 19.3 Å². The topological polar surface area (TPSA) is 32.3 Å². The Morgan fingerprint density at radius 2 is 2.29 bits per heavy atom. The number of nitrogens with zero attached hydrogens (tertiary/aromatic N) is 1. The first kappa shape index (κ1) is 13.2. The van der Waals surface area contributed by atoms with Crippen LogP contribution in [0.3, 0.4) is 0 Å². The molecule has 1 amide bonds. The van der Waals surface area contributed by atoms with Crippen molar-refractivity contribution in [1.29, 1.82) is 0 Å². The largest absolute Gasteiger partial charge is 0.337 e. The second-order valence-corrected chi connectivity index (χ2v) is 6.99. The molecule has 0 aromatic carbocycles. The van der Waals surface area contributed by atoms with Gasteiger partial charge in [0.05, 0.1) is 4.75 Å². The molecule has 0 radical (unpaired) electrons. The lowest BCUT2D eigenvalue weighted by Gasteiger charge is -2.40. The fraction of sp³-hybridized carbons (Fsp3) is 0.923. The maximum absolute atomic E-state index is 12.7. The lowest BCUT2D eigenvalue weighted by molar-refractivity contribution is -0.137. The predicted octanol–water partition coefficient (Wildman–Crippen LogP) is 1.87. The number of amides is 1. The third-order valence-electron chi connectivity index (χ3n) is 4.00. The van der Waals surface area contributed by atoms with Gasteiger partial charge in [0.1, 0.15) is 0 Å². The number of thioether (sulfide) groups is 1. The van der Waals surface area contributed by atoms with Gasteiger partial charge in [0.25, 0.3) is 0 Å². The Kier molecular flexibility index (Phi) is 4.36. The smallest absolute Gasteiger partial charge is 0.238 e. The van der Waals surface area contributed by atoms with Crippen molar-refractivity contribution < 1.29 is 4.79 Å². The van der Waals surface area contributed by atoms with Gasteiger partial charge in [0, 0.05) is 19.1 Å². The van der Waals surface area contributed by atoms with Gasteiger partial charge in [-0.3, -0.25) is 4.79 Å². The summed E-state index contributed by atoms with van der Waals surface area (Å²) in [4.78, 5) is 14.8. The average Bonchev–Trinajstić information content (AvgIpc) is 2.78. The standard InChI is InChI=1S/C13H24N2OS/c1-13(7-5-9-17-13)12(16)15-8-4-3-6-11(15)10-14-2/h11,14H,3-10H2,1-2H3. The summed E-state index contributed by atoms with van der Waals surface area (Å²) in [6.45, 7) is 4.03. The number of hydrogen-bond donors (Lipinski definition) is 1. The molecule has 2 unspecified atom stereocenters. The molecular weight excluding hydrogens is 232 g/mol. The first-order chi connectivity index (χ1) is 8.17. The normalized spacial score (nSPS) is 34.0. The molecular formula is C13H24N2OS. The van der Waals surface area contributed by atoms with Crippen molar-refractivity contribution in [2.75, 3.05) is 25.9 Å². The van der Waals surface area contributed by atoms with E-state index in [1.807, 2.05) is 18.8 Å². The summed E-state index contributed by atoms with van der Waals surface area (Å²) in [6, 6.07) is 0.416. The number of rotatable bonds is 3. The molecule has 0 aromatic heterocycles. The van der Waals surface area contributed by atoms with E-state index < -0.39 is 0 Å². The van der Waals surface area contributed by atoms with Gasteiger partial charge in [-0.25, -0.2) is 0 Å². The summed E-state index contributed by atoms with van der Waals surface area (Å²) < 4.78 is -0.136. The summed E-state index contributed by atoms with van der Waals surface area (Å²) in [6.07, 6.45) is 5.84. The van der Waals surface area contributed by atoms with Crippen LogP contribution >= 0.6 is 11.8 Å². The summed E-state index contributed by atoms with van der Waals surface area (Å²) >= 11 is 1.85. The van der Waals surface area contributed by atoms with Crippen molar-refractivity contribution in [1.82, 2.24) is 10.2 Å². The number of likely N-dealkylation sites (N-methyl/N-ethyl adjacent to an activating group) is 1. The lowest BCUT2D eigenvalue weighted by Crippen LogP contribution is -2.53. The third kappa shape index (κ3) is 2.79. The van der Waals surface area contributed by atoms with Gasteiger partial charge in [-0.2, -0.15) is 0 Å². The van der Waals surface area contributed by atoms with Gasteiger partial charge in [0.15, 0.2) is 0 Å². The SMILES string of the molecule is CNCC1CCCCN1C(=O)C1(C)CCCS1. The maximum atomic E-state index is 12.7. The van der Waals surface area contributed by atoms with E-state index in [-0.39, 0.29) is 4.75 Å². The Morgan fingerprint density at radius 3 is 2.94 bits per heavy atom. The highest BCUT2D eigenvalue weighted by Crippen LogP contribution is 2.40. The van der Waals surface area contributed by atoms with E-state index in [2.05, 4.69) is 17.1 Å². The van der Waals surface area contributed by atoms with E-state index in [0.717, 1.165) is 31.7 Å². The zero-order valence-electron chi connectivity index (χ0n) is 11.0. The quantitative estimate of drug-likeness (QED) is 0.837. The van der Waals surface area contributed by atoms with E-state index >= 15 is 0 Å². The Balaban J connectivity index is 2.05. The number of piperidine rings is 1. The van der Waals surface area contributed by atoms with Crippen LogP contribution in [0.15, 0.2) is 0 Å². The lowest BCUT2D eigenvalue weighted by atomic mass is 9.97. The molecule has 2 rings (SSSR count). The van der Waals surface area contributed by atoms with Crippen LogP contribution in [0, 0.1) is 0 Å². The zero-order valence-corrected chi connectivity index (χ0v) is 11.8. The zero-order chi connectivity index (χ0) is 12.3. The molecule has 0 aliphatic carbocycles. The first-order valence-electron chi connectivity index (χ1n) is 6.77. The van der Waals surface area contributed by atoms with Crippen LogP contribution in [0.2, 0.25) is 0 Å². The molecule has 2 aliphatic heterocycles.